The van der Waals surface area contributed by atoms with Gasteiger partial charge in [0.2, 0.25) is 0 Å². The van der Waals surface area contributed by atoms with Crippen LogP contribution in [0.15, 0.2) is 96.1 Å². The molecule has 4 aromatic rings. The standard InChI is InChI=1S/C50H58Si.Zr/c1-5-15-43-33-41-21-13-23-45(39-29-25-37(26-30-39)35-17-9-7-10-18-35)47(41)49(43)51(3,4)50-44(16-6-2)34-42-22-14-24-46(48(42)50)40-31-27-38(28-32-40)36-19-11-8-12-20-36;/h13-14,21-36H,5-12,15-20H2,1-4H3;. The molecule has 0 N–H and O–H groups in total. The van der Waals surface area contributed by atoms with E-state index in [1.54, 1.807) is 33.4 Å². The second kappa shape index (κ2) is 14.6. The molecule has 0 saturated heterocycles. The first-order valence-electron chi connectivity index (χ1n) is 21.2. The van der Waals surface area contributed by atoms with Crippen molar-refractivity contribution in [1.29, 1.82) is 0 Å². The average Bonchev–Trinajstić information content (AvgIpc) is 3.70. The Kier molecular flexibility index (Phi) is 9.88. The van der Waals surface area contributed by atoms with Crippen LogP contribution < -0.4 is 0 Å². The molecule has 266 valence electrons. The number of allylic oxidation sites excluding steroid dienone is 2. The summed E-state index contributed by atoms with van der Waals surface area (Å²) in [6, 6.07) is 34.9. The Balaban J connectivity index is 1.18. The van der Waals surface area contributed by atoms with Crippen LogP contribution in [-0.4, -0.2) is 8.07 Å². The SMILES string of the molecule is CCCC1=C2c3c(-c4ccc(C5CCCCC5)cc4)cccc3[CH]1[Zr][CH]1C(CCC)=C(c3c(-c4ccc(C5CCCCC5)cc4)cccc31)[Si]2(C)C. The zero-order chi connectivity index (χ0) is 35.4. The van der Waals surface area contributed by atoms with E-state index >= 15 is 0 Å². The van der Waals surface area contributed by atoms with E-state index in [1.807, 2.05) is 21.5 Å². The number of rotatable bonds is 8. The molecule has 0 aromatic heterocycles. The molecular formula is C50H58SiZr. The van der Waals surface area contributed by atoms with Crippen molar-refractivity contribution in [1.82, 2.24) is 0 Å². The van der Waals surface area contributed by atoms with Crippen molar-refractivity contribution in [3.05, 3.63) is 129 Å². The summed E-state index contributed by atoms with van der Waals surface area (Å²) in [7, 11) is -2.17. The van der Waals surface area contributed by atoms with Crippen LogP contribution in [0.4, 0.5) is 0 Å². The van der Waals surface area contributed by atoms with Crippen molar-refractivity contribution in [3.8, 4) is 22.3 Å². The molecule has 4 aromatic carbocycles. The van der Waals surface area contributed by atoms with E-state index in [0.717, 1.165) is 11.8 Å². The molecule has 2 atom stereocenters. The van der Waals surface area contributed by atoms with Crippen LogP contribution in [-0.2, 0) is 23.2 Å². The maximum absolute atomic E-state index is 2.77. The number of hydrogen-bond acceptors (Lipinski definition) is 0. The Hall–Kier alpha value is -2.54. The van der Waals surface area contributed by atoms with Gasteiger partial charge in [-0.1, -0.05) is 0 Å². The van der Waals surface area contributed by atoms with Gasteiger partial charge in [-0.25, -0.2) is 0 Å². The quantitative estimate of drug-likeness (QED) is 0.156. The van der Waals surface area contributed by atoms with Gasteiger partial charge in [0.05, 0.1) is 0 Å². The first-order valence-corrected chi connectivity index (χ1v) is 27.0. The van der Waals surface area contributed by atoms with E-state index in [1.165, 1.54) is 112 Å². The van der Waals surface area contributed by atoms with Crippen molar-refractivity contribution in [2.75, 3.05) is 0 Å². The summed E-state index contributed by atoms with van der Waals surface area (Å²) >= 11 is -0.963. The second-order valence-corrected chi connectivity index (χ2v) is 25.3. The summed E-state index contributed by atoms with van der Waals surface area (Å²) < 4.78 is 1.37. The molecule has 52 heavy (non-hydrogen) atoms. The van der Waals surface area contributed by atoms with Gasteiger partial charge in [-0.2, -0.15) is 0 Å². The van der Waals surface area contributed by atoms with E-state index in [9.17, 15) is 0 Å². The molecule has 9 rings (SSSR count). The van der Waals surface area contributed by atoms with Crippen LogP contribution in [0.1, 0.15) is 156 Å². The number of benzene rings is 4. The number of fused-ring (bicyclic) bond motifs is 8. The maximum atomic E-state index is 2.77. The van der Waals surface area contributed by atoms with Crippen LogP contribution in [0.2, 0.25) is 13.1 Å². The van der Waals surface area contributed by atoms with Crippen LogP contribution in [0.25, 0.3) is 32.6 Å². The summed E-state index contributed by atoms with van der Waals surface area (Å²) in [4.78, 5) is 0. The normalized spacial score (nSPS) is 22.5. The van der Waals surface area contributed by atoms with Gasteiger partial charge < -0.3 is 0 Å². The molecule has 0 radical (unpaired) electrons. The van der Waals surface area contributed by atoms with Gasteiger partial charge in [0, 0.05) is 0 Å². The average molecular weight is 778 g/mol. The Bertz CT molecular complexity index is 1870. The minimum atomic E-state index is -2.17. The molecule has 1 heterocycles. The predicted octanol–water partition coefficient (Wildman–Crippen LogP) is 14.9. The van der Waals surface area contributed by atoms with E-state index in [2.05, 4.69) is 112 Å². The zero-order valence-electron chi connectivity index (χ0n) is 32.3. The van der Waals surface area contributed by atoms with Gasteiger partial charge in [0.15, 0.2) is 0 Å². The first kappa shape index (κ1) is 35.2. The van der Waals surface area contributed by atoms with Crippen LogP contribution in [0.3, 0.4) is 0 Å². The van der Waals surface area contributed by atoms with Crippen molar-refractivity contribution >= 4 is 18.5 Å². The van der Waals surface area contributed by atoms with Gasteiger partial charge in [0.1, 0.15) is 0 Å². The van der Waals surface area contributed by atoms with Crippen LogP contribution >= 0.6 is 0 Å². The van der Waals surface area contributed by atoms with Gasteiger partial charge in [-0.15, -0.1) is 0 Å². The van der Waals surface area contributed by atoms with Crippen molar-refractivity contribution in [2.24, 2.45) is 0 Å². The Morgan fingerprint density at radius 1 is 0.519 bits per heavy atom. The van der Waals surface area contributed by atoms with E-state index in [-0.39, 0.29) is 0 Å². The Morgan fingerprint density at radius 2 is 0.923 bits per heavy atom. The van der Waals surface area contributed by atoms with Gasteiger partial charge in [-0.05, 0) is 0 Å². The van der Waals surface area contributed by atoms with E-state index in [4.69, 9.17) is 0 Å². The molecule has 5 aliphatic rings. The summed E-state index contributed by atoms with van der Waals surface area (Å²) in [5.41, 5.74) is 19.5. The molecule has 0 amide bonds. The van der Waals surface area contributed by atoms with E-state index in [0.29, 0.717) is 7.25 Å². The predicted molar refractivity (Wildman–Crippen MR) is 222 cm³/mol. The summed E-state index contributed by atoms with van der Waals surface area (Å²) in [5.74, 6) is 1.51. The third kappa shape index (κ3) is 5.93. The molecule has 1 aliphatic heterocycles. The van der Waals surface area contributed by atoms with Gasteiger partial charge >= 0.3 is 329 Å². The fraction of sp³-hybridized carbons (Fsp3) is 0.440. The summed E-state index contributed by atoms with van der Waals surface area (Å²) in [5, 5.41) is 3.67. The van der Waals surface area contributed by atoms with Gasteiger partial charge in [0.25, 0.3) is 0 Å². The third-order valence-corrected chi connectivity index (χ3v) is 22.4. The molecule has 4 aliphatic carbocycles. The molecule has 0 spiro atoms. The summed E-state index contributed by atoms with van der Waals surface area (Å²) in [6.45, 7) is 10.4. The molecule has 4 bridgehead atoms. The van der Waals surface area contributed by atoms with Crippen LogP contribution in [0.5, 0.6) is 0 Å². The topological polar surface area (TPSA) is 0 Å². The molecule has 2 saturated carbocycles. The van der Waals surface area contributed by atoms with Crippen LogP contribution in [0, 0.1) is 0 Å². The van der Waals surface area contributed by atoms with Crippen molar-refractivity contribution in [3.63, 3.8) is 0 Å². The molecule has 2 heteroatoms. The second-order valence-electron chi connectivity index (χ2n) is 17.4. The molecule has 0 nitrogen and oxygen atoms in total. The fourth-order valence-electron chi connectivity index (χ4n) is 11.6. The fourth-order valence-corrected chi connectivity index (χ4v) is 21.8. The first-order chi connectivity index (χ1) is 25.5. The molecule has 2 fully saturated rings. The molecular weight excluding hydrogens is 720 g/mol. The Morgan fingerprint density at radius 3 is 1.31 bits per heavy atom. The van der Waals surface area contributed by atoms with E-state index < -0.39 is 31.3 Å². The van der Waals surface area contributed by atoms with Crippen molar-refractivity contribution < 1.29 is 23.2 Å². The number of hydrogen-bond donors (Lipinski definition) is 0. The molecule has 2 unspecified atom stereocenters. The van der Waals surface area contributed by atoms with Crippen molar-refractivity contribution in [2.45, 2.75) is 136 Å². The Labute approximate surface area is 327 Å². The third-order valence-electron chi connectivity index (χ3n) is 13.9. The minimum absolute atomic E-state index is 0.685. The summed E-state index contributed by atoms with van der Waals surface area (Å²) in [6.07, 6.45) is 18.9. The van der Waals surface area contributed by atoms with Gasteiger partial charge in [-0.3, -0.25) is 0 Å². The monoisotopic (exact) mass is 776 g/mol. The zero-order valence-corrected chi connectivity index (χ0v) is 35.7.